The SMILES string of the molecule is CCCNC(=O)[C@H](Cc1ccccc1)N(Cc1ccc(Cl)c(Cl)c1)C(=O)CN(c1cc(Cl)ccc1Cl)S(=O)(=O)c1ccccc1. The molecule has 0 heterocycles. The maximum absolute atomic E-state index is 14.5. The van der Waals surface area contributed by atoms with E-state index in [1.807, 2.05) is 37.3 Å². The number of rotatable bonds is 13. The van der Waals surface area contributed by atoms with Gasteiger partial charge in [-0.05, 0) is 60.0 Å². The van der Waals surface area contributed by atoms with E-state index >= 15 is 0 Å². The third-order valence-corrected chi connectivity index (χ3v) is 10.0. The highest BCUT2D eigenvalue weighted by Crippen LogP contribution is 2.33. The molecule has 7 nitrogen and oxygen atoms in total. The summed E-state index contributed by atoms with van der Waals surface area (Å²) >= 11 is 25.2. The minimum Gasteiger partial charge on any atom is -0.354 e. The Morgan fingerprint density at radius 3 is 2.07 bits per heavy atom. The van der Waals surface area contributed by atoms with Crippen molar-refractivity contribution in [1.29, 1.82) is 0 Å². The molecule has 1 N–H and O–H groups in total. The van der Waals surface area contributed by atoms with Gasteiger partial charge in [0.25, 0.3) is 10.0 Å². The predicted octanol–water partition coefficient (Wildman–Crippen LogP) is 7.66. The molecule has 45 heavy (non-hydrogen) atoms. The van der Waals surface area contributed by atoms with Crippen molar-refractivity contribution >= 4 is 73.9 Å². The van der Waals surface area contributed by atoms with Gasteiger partial charge in [-0.25, -0.2) is 8.42 Å². The summed E-state index contributed by atoms with van der Waals surface area (Å²) in [4.78, 5) is 29.5. The highest BCUT2D eigenvalue weighted by molar-refractivity contribution is 7.92. The van der Waals surface area contributed by atoms with Crippen LogP contribution in [-0.2, 0) is 32.6 Å². The molecule has 4 aromatic rings. The molecule has 4 rings (SSSR count). The van der Waals surface area contributed by atoms with E-state index in [1.54, 1.807) is 36.4 Å². The van der Waals surface area contributed by atoms with Gasteiger partial charge in [0.05, 0.1) is 25.7 Å². The number of carbonyl (C=O) groups is 2. The summed E-state index contributed by atoms with van der Waals surface area (Å²) in [6.07, 6.45) is 0.855. The second-order valence-corrected chi connectivity index (χ2v) is 13.7. The topological polar surface area (TPSA) is 86.8 Å². The van der Waals surface area contributed by atoms with Gasteiger partial charge in [0.2, 0.25) is 11.8 Å². The summed E-state index contributed by atoms with van der Waals surface area (Å²) in [5.41, 5.74) is 1.43. The van der Waals surface area contributed by atoms with Crippen LogP contribution in [0.1, 0.15) is 24.5 Å². The number of hydrogen-bond acceptors (Lipinski definition) is 4. The zero-order valence-electron chi connectivity index (χ0n) is 24.3. The van der Waals surface area contributed by atoms with Gasteiger partial charge in [0.15, 0.2) is 0 Å². The first-order valence-electron chi connectivity index (χ1n) is 14.1. The molecule has 0 radical (unpaired) electrons. The average Bonchev–Trinajstić information content (AvgIpc) is 3.04. The van der Waals surface area contributed by atoms with Gasteiger partial charge in [-0.15, -0.1) is 0 Å². The van der Waals surface area contributed by atoms with E-state index in [-0.39, 0.29) is 44.5 Å². The molecule has 0 aliphatic carbocycles. The van der Waals surface area contributed by atoms with Crippen LogP contribution in [0.2, 0.25) is 20.1 Å². The fraction of sp³-hybridized carbons (Fsp3) is 0.212. The molecule has 0 aliphatic heterocycles. The minimum absolute atomic E-state index is 0.0194. The van der Waals surface area contributed by atoms with Crippen molar-refractivity contribution in [1.82, 2.24) is 10.2 Å². The molecule has 0 spiro atoms. The quantitative estimate of drug-likeness (QED) is 0.155. The fourth-order valence-electron chi connectivity index (χ4n) is 4.66. The lowest BCUT2D eigenvalue weighted by atomic mass is 10.0. The van der Waals surface area contributed by atoms with E-state index in [0.717, 1.165) is 9.87 Å². The van der Waals surface area contributed by atoms with Gasteiger partial charge in [0, 0.05) is 24.5 Å². The summed E-state index contributed by atoms with van der Waals surface area (Å²) < 4.78 is 29.1. The highest BCUT2D eigenvalue weighted by Gasteiger charge is 2.35. The third-order valence-electron chi connectivity index (χ3n) is 6.94. The van der Waals surface area contributed by atoms with Crippen molar-refractivity contribution in [3.05, 3.63) is 128 Å². The van der Waals surface area contributed by atoms with Gasteiger partial charge in [-0.3, -0.25) is 13.9 Å². The van der Waals surface area contributed by atoms with Crippen LogP contribution in [0.25, 0.3) is 0 Å². The maximum Gasteiger partial charge on any atom is 0.264 e. The number of nitrogens with zero attached hydrogens (tertiary/aromatic N) is 2. The van der Waals surface area contributed by atoms with Crippen LogP contribution in [0.4, 0.5) is 5.69 Å². The second kappa shape index (κ2) is 15.8. The fourth-order valence-corrected chi connectivity index (χ4v) is 6.87. The standard InChI is InChI=1S/C33H31Cl4N3O4S/c1-2-17-38-33(42)31(19-23-9-5-3-6-10-23)39(21-24-13-15-27(35)29(37)18-24)32(41)22-40(30-20-25(34)14-16-28(30)36)45(43,44)26-11-7-4-8-12-26/h3-16,18,20,31H,2,17,19,21-22H2,1H3,(H,38,42)/t31-/m0/s1. The van der Waals surface area contributed by atoms with E-state index in [0.29, 0.717) is 23.6 Å². The smallest absolute Gasteiger partial charge is 0.264 e. The first-order chi connectivity index (χ1) is 21.5. The van der Waals surface area contributed by atoms with Crippen LogP contribution in [0.5, 0.6) is 0 Å². The van der Waals surface area contributed by atoms with E-state index in [9.17, 15) is 18.0 Å². The van der Waals surface area contributed by atoms with Crippen LogP contribution in [0, 0.1) is 0 Å². The Labute approximate surface area is 283 Å². The largest absolute Gasteiger partial charge is 0.354 e. The van der Waals surface area contributed by atoms with Crippen LogP contribution >= 0.6 is 46.4 Å². The lowest BCUT2D eigenvalue weighted by Gasteiger charge is -2.34. The van der Waals surface area contributed by atoms with Gasteiger partial charge in [-0.1, -0.05) is 108 Å². The molecular formula is C33H31Cl4N3O4S. The Balaban J connectivity index is 1.83. The Bertz CT molecular complexity index is 1740. The molecule has 4 aromatic carbocycles. The molecule has 0 aromatic heterocycles. The highest BCUT2D eigenvalue weighted by atomic mass is 35.5. The number of benzene rings is 4. The summed E-state index contributed by atoms with van der Waals surface area (Å²) in [5, 5.41) is 3.80. The van der Waals surface area contributed by atoms with Crippen molar-refractivity contribution in [2.24, 2.45) is 0 Å². The van der Waals surface area contributed by atoms with E-state index < -0.39 is 28.5 Å². The monoisotopic (exact) mass is 705 g/mol. The Morgan fingerprint density at radius 2 is 1.42 bits per heavy atom. The van der Waals surface area contributed by atoms with Crippen molar-refractivity contribution in [2.45, 2.75) is 37.2 Å². The summed E-state index contributed by atoms with van der Waals surface area (Å²) in [5.74, 6) is -1.03. The molecular weight excluding hydrogens is 676 g/mol. The van der Waals surface area contributed by atoms with Crippen LogP contribution in [0.15, 0.2) is 102 Å². The van der Waals surface area contributed by atoms with Gasteiger partial charge in [-0.2, -0.15) is 0 Å². The molecule has 0 fully saturated rings. The number of anilines is 1. The van der Waals surface area contributed by atoms with Gasteiger partial charge in [0.1, 0.15) is 12.6 Å². The number of amides is 2. The molecule has 12 heteroatoms. The van der Waals surface area contributed by atoms with Gasteiger partial charge < -0.3 is 10.2 Å². The summed E-state index contributed by atoms with van der Waals surface area (Å²) in [7, 11) is -4.32. The molecule has 2 amide bonds. The number of halogens is 4. The first kappa shape index (κ1) is 34.6. The Morgan fingerprint density at radius 1 is 0.778 bits per heavy atom. The van der Waals surface area contributed by atoms with Crippen molar-refractivity contribution in [3.63, 3.8) is 0 Å². The number of sulfonamides is 1. The van der Waals surface area contributed by atoms with Crippen LogP contribution in [-0.4, -0.2) is 44.3 Å². The minimum atomic E-state index is -4.32. The number of hydrogen-bond donors (Lipinski definition) is 1. The van der Waals surface area contributed by atoms with E-state index in [1.165, 1.54) is 35.2 Å². The van der Waals surface area contributed by atoms with E-state index in [2.05, 4.69) is 5.32 Å². The number of carbonyl (C=O) groups excluding carboxylic acids is 2. The maximum atomic E-state index is 14.5. The number of nitrogens with one attached hydrogen (secondary N) is 1. The van der Waals surface area contributed by atoms with E-state index in [4.69, 9.17) is 46.4 Å². The molecule has 1 atom stereocenters. The zero-order chi connectivity index (χ0) is 32.6. The zero-order valence-corrected chi connectivity index (χ0v) is 28.1. The molecule has 0 aliphatic rings. The van der Waals surface area contributed by atoms with Gasteiger partial charge >= 0.3 is 0 Å². The second-order valence-electron chi connectivity index (χ2n) is 10.2. The van der Waals surface area contributed by atoms with Crippen molar-refractivity contribution in [2.75, 3.05) is 17.4 Å². The summed E-state index contributed by atoms with van der Waals surface area (Å²) in [6, 6.07) is 25.2. The predicted molar refractivity (Wildman–Crippen MR) is 182 cm³/mol. The Hall–Kier alpha value is -3.27. The Kier molecular flexibility index (Phi) is 12.2. The summed E-state index contributed by atoms with van der Waals surface area (Å²) in [6.45, 7) is 1.58. The van der Waals surface area contributed by atoms with Crippen molar-refractivity contribution in [3.8, 4) is 0 Å². The molecule has 236 valence electrons. The normalized spacial score (nSPS) is 11.9. The first-order valence-corrected chi connectivity index (χ1v) is 17.0. The lowest BCUT2D eigenvalue weighted by molar-refractivity contribution is -0.140. The lowest BCUT2D eigenvalue weighted by Crippen LogP contribution is -2.53. The molecule has 0 saturated heterocycles. The molecule has 0 saturated carbocycles. The van der Waals surface area contributed by atoms with Crippen LogP contribution < -0.4 is 9.62 Å². The third kappa shape index (κ3) is 8.93. The average molecular weight is 708 g/mol. The molecule has 0 unspecified atom stereocenters. The molecule has 0 bridgehead atoms. The van der Waals surface area contributed by atoms with Crippen LogP contribution in [0.3, 0.4) is 0 Å². The van der Waals surface area contributed by atoms with Crippen molar-refractivity contribution < 1.29 is 18.0 Å².